The minimum Gasteiger partial charge on any atom is -0.331 e. The summed E-state index contributed by atoms with van der Waals surface area (Å²) >= 11 is 0. The maximum Gasteiger partial charge on any atom is 0.349 e. The van der Waals surface area contributed by atoms with Crippen LogP contribution in [0.5, 0.6) is 0 Å². The molecule has 0 radical (unpaired) electrons. The van der Waals surface area contributed by atoms with Crippen molar-refractivity contribution in [3.8, 4) is 0 Å². The molecule has 1 N–H and O–H groups in total. The molecule has 0 aliphatic carbocycles. The molecule has 5 heteroatoms. The Hall–Kier alpha value is -0.970. The van der Waals surface area contributed by atoms with Crippen molar-refractivity contribution in [2.45, 2.75) is 84.3 Å². The van der Waals surface area contributed by atoms with Crippen molar-refractivity contribution in [2.24, 2.45) is 5.92 Å². The number of hydrogen-bond acceptors (Lipinski definition) is 3. The standard InChI is InChI=1S/C19H35N3OS/c1-13(2)12-24(18(5,6)7)19(8,9)10-15-11-22(14(3)4)17(23)20-16(15)21-24/h11,13-14H,10,12H2,1-9H3,(H,20,21,23). The predicted octanol–water partition coefficient (Wildman–Crippen LogP) is 4.74. The van der Waals surface area contributed by atoms with Gasteiger partial charge in [0.1, 0.15) is 5.82 Å². The van der Waals surface area contributed by atoms with Crippen LogP contribution in [0.25, 0.3) is 0 Å². The summed E-state index contributed by atoms with van der Waals surface area (Å²) in [7, 11) is -1.22. The third-order valence-electron chi connectivity index (χ3n) is 5.04. The lowest BCUT2D eigenvalue weighted by molar-refractivity contribution is 0.551. The Morgan fingerprint density at radius 2 is 1.88 bits per heavy atom. The summed E-state index contributed by atoms with van der Waals surface area (Å²) in [5.41, 5.74) is 1.02. The molecule has 1 aromatic rings. The van der Waals surface area contributed by atoms with Crippen molar-refractivity contribution in [1.29, 1.82) is 0 Å². The molecule has 0 aromatic carbocycles. The van der Waals surface area contributed by atoms with Crippen LogP contribution in [0.15, 0.2) is 11.0 Å². The van der Waals surface area contributed by atoms with E-state index in [2.05, 4.69) is 58.2 Å². The van der Waals surface area contributed by atoms with Crippen LogP contribution in [-0.4, -0.2) is 24.8 Å². The van der Waals surface area contributed by atoms with Gasteiger partial charge in [0.15, 0.2) is 0 Å². The molecule has 0 saturated heterocycles. The van der Waals surface area contributed by atoms with Gasteiger partial charge in [-0.15, -0.1) is 0 Å². The van der Waals surface area contributed by atoms with Gasteiger partial charge in [0.25, 0.3) is 0 Å². The average molecular weight is 354 g/mol. The van der Waals surface area contributed by atoms with Crippen LogP contribution in [0.1, 0.15) is 73.9 Å². The molecule has 0 saturated carbocycles. The van der Waals surface area contributed by atoms with E-state index in [0.29, 0.717) is 5.92 Å². The first-order valence-corrected chi connectivity index (χ1v) is 10.8. The van der Waals surface area contributed by atoms with Crippen molar-refractivity contribution in [3.63, 3.8) is 0 Å². The first-order valence-electron chi connectivity index (χ1n) is 9.01. The van der Waals surface area contributed by atoms with E-state index in [0.717, 1.165) is 18.0 Å². The highest BCUT2D eigenvalue weighted by molar-refractivity contribution is 8.36. The van der Waals surface area contributed by atoms with Gasteiger partial charge < -0.3 is 4.72 Å². The van der Waals surface area contributed by atoms with Gasteiger partial charge in [-0.3, -0.25) is 4.57 Å². The SMILES string of the molecule is CC(C)CS1(C(C)(C)C)Nc2nc(=O)n(C(C)C)cc2CC1(C)C. The van der Waals surface area contributed by atoms with E-state index in [1.165, 1.54) is 5.56 Å². The highest BCUT2D eigenvalue weighted by Gasteiger charge is 2.51. The summed E-state index contributed by atoms with van der Waals surface area (Å²) in [6.45, 7) is 20.4. The maximum atomic E-state index is 12.4. The second kappa shape index (κ2) is 6.08. The number of nitrogens with one attached hydrogen (secondary N) is 1. The Balaban J connectivity index is 2.64. The zero-order valence-corrected chi connectivity index (χ0v) is 17.7. The Morgan fingerprint density at radius 3 is 2.33 bits per heavy atom. The quantitative estimate of drug-likeness (QED) is 0.853. The first-order chi connectivity index (χ1) is 10.8. The van der Waals surface area contributed by atoms with Crippen LogP contribution in [0.4, 0.5) is 5.82 Å². The zero-order valence-electron chi connectivity index (χ0n) is 16.9. The lowest BCUT2D eigenvalue weighted by atomic mass is 10.0. The number of nitrogens with zero attached hydrogens (tertiary/aromatic N) is 2. The van der Waals surface area contributed by atoms with Gasteiger partial charge in [-0.2, -0.15) is 15.2 Å². The largest absolute Gasteiger partial charge is 0.349 e. The number of aromatic nitrogens is 2. The fourth-order valence-electron chi connectivity index (χ4n) is 3.98. The molecule has 1 aliphatic rings. The van der Waals surface area contributed by atoms with Gasteiger partial charge in [0, 0.05) is 27.3 Å². The Labute approximate surface area is 148 Å². The fraction of sp³-hybridized carbons (Fsp3) is 0.789. The lowest BCUT2D eigenvalue weighted by Gasteiger charge is -2.63. The average Bonchev–Trinajstić information content (AvgIpc) is 2.37. The van der Waals surface area contributed by atoms with Crippen LogP contribution in [-0.2, 0) is 6.42 Å². The molecular weight excluding hydrogens is 318 g/mol. The molecule has 2 rings (SSSR count). The smallest absolute Gasteiger partial charge is 0.331 e. The number of anilines is 1. The van der Waals surface area contributed by atoms with Crippen molar-refractivity contribution in [1.82, 2.24) is 9.55 Å². The van der Waals surface area contributed by atoms with Crippen molar-refractivity contribution < 1.29 is 0 Å². The van der Waals surface area contributed by atoms with E-state index in [-0.39, 0.29) is 21.2 Å². The molecule has 1 aromatic heterocycles. The highest BCUT2D eigenvalue weighted by atomic mass is 32.3. The van der Waals surface area contributed by atoms with Crippen LogP contribution in [0, 0.1) is 5.92 Å². The fourth-order valence-corrected chi connectivity index (χ4v) is 9.16. The number of fused-ring (bicyclic) bond motifs is 1. The molecule has 1 aliphatic heterocycles. The van der Waals surface area contributed by atoms with Gasteiger partial charge >= 0.3 is 5.69 Å². The number of rotatable bonds is 3. The molecule has 24 heavy (non-hydrogen) atoms. The van der Waals surface area contributed by atoms with Gasteiger partial charge in [-0.25, -0.2) is 4.79 Å². The van der Waals surface area contributed by atoms with E-state index in [1.54, 1.807) is 4.57 Å². The van der Waals surface area contributed by atoms with Crippen LogP contribution in [0.2, 0.25) is 0 Å². The van der Waals surface area contributed by atoms with E-state index in [1.807, 2.05) is 20.0 Å². The van der Waals surface area contributed by atoms with E-state index < -0.39 is 10.2 Å². The molecule has 0 fully saturated rings. The summed E-state index contributed by atoms with van der Waals surface area (Å²) in [6.07, 6.45) is 2.99. The molecular formula is C19H35N3OS. The van der Waals surface area contributed by atoms with E-state index in [4.69, 9.17) is 0 Å². The van der Waals surface area contributed by atoms with Crippen molar-refractivity contribution in [2.75, 3.05) is 10.5 Å². The second-order valence-electron chi connectivity index (χ2n) is 9.35. The zero-order chi connectivity index (χ0) is 18.5. The molecule has 0 bridgehead atoms. The minimum absolute atomic E-state index is 0.132. The third-order valence-corrected chi connectivity index (χ3v) is 10.9. The van der Waals surface area contributed by atoms with Gasteiger partial charge in [-0.05, 0) is 31.9 Å². The lowest BCUT2D eigenvalue weighted by Crippen LogP contribution is -2.51. The Morgan fingerprint density at radius 1 is 1.29 bits per heavy atom. The Bertz CT molecular complexity index is 670. The molecule has 0 amide bonds. The number of hydrogen-bond donors (Lipinski definition) is 1. The molecule has 1 atom stereocenters. The maximum absolute atomic E-state index is 12.4. The van der Waals surface area contributed by atoms with Crippen molar-refractivity contribution in [3.05, 3.63) is 22.2 Å². The van der Waals surface area contributed by atoms with Crippen molar-refractivity contribution >= 4 is 16.0 Å². The third kappa shape index (κ3) is 3.12. The Kier molecular flexibility index (Phi) is 4.90. The summed E-state index contributed by atoms with van der Waals surface area (Å²) in [4.78, 5) is 16.8. The topological polar surface area (TPSA) is 46.9 Å². The van der Waals surface area contributed by atoms with Gasteiger partial charge in [0.05, 0.1) is 0 Å². The molecule has 0 spiro atoms. The summed E-state index contributed by atoms with van der Waals surface area (Å²) < 4.78 is 5.86. The highest BCUT2D eigenvalue weighted by Crippen LogP contribution is 2.70. The normalized spacial score (nSPS) is 26.0. The first kappa shape index (κ1) is 19.4. The molecule has 4 nitrogen and oxygen atoms in total. The molecule has 2 heterocycles. The van der Waals surface area contributed by atoms with Crippen LogP contribution in [0.3, 0.4) is 0 Å². The van der Waals surface area contributed by atoms with Crippen LogP contribution >= 0.6 is 10.2 Å². The van der Waals surface area contributed by atoms with Gasteiger partial charge in [-0.1, -0.05) is 48.5 Å². The van der Waals surface area contributed by atoms with Crippen LogP contribution < -0.4 is 10.4 Å². The monoisotopic (exact) mass is 353 g/mol. The van der Waals surface area contributed by atoms with Gasteiger partial charge in [0.2, 0.25) is 0 Å². The van der Waals surface area contributed by atoms with E-state index >= 15 is 0 Å². The summed E-state index contributed by atoms with van der Waals surface area (Å²) in [5.74, 6) is 2.56. The molecule has 1 unspecified atom stereocenters. The van der Waals surface area contributed by atoms with E-state index in [9.17, 15) is 4.79 Å². The minimum atomic E-state index is -1.22. The molecule has 138 valence electrons. The predicted molar refractivity (Wildman–Crippen MR) is 107 cm³/mol. The summed E-state index contributed by atoms with van der Waals surface area (Å²) in [5, 5.41) is 0. The summed E-state index contributed by atoms with van der Waals surface area (Å²) in [6, 6.07) is 0.135. The second-order valence-corrected chi connectivity index (χ2v) is 13.7.